The quantitative estimate of drug-likeness (QED) is 0.852. The molecular weight excluding hydrogens is 314 g/mol. The number of carbonyl (C=O) groups excluding carboxylic acids is 1. The predicted molar refractivity (Wildman–Crippen MR) is 99.5 cm³/mol. The molecule has 0 saturated carbocycles. The summed E-state index contributed by atoms with van der Waals surface area (Å²) in [7, 11) is 0. The second kappa shape index (κ2) is 7.83. The summed E-state index contributed by atoms with van der Waals surface area (Å²) in [6.07, 6.45) is 4.89. The van der Waals surface area contributed by atoms with Gasteiger partial charge in [0.25, 0.3) is 0 Å². The summed E-state index contributed by atoms with van der Waals surface area (Å²) in [5.41, 5.74) is 1.73. The fourth-order valence-electron chi connectivity index (χ4n) is 3.29. The number of amides is 1. The topological polar surface area (TPSA) is 58.4 Å². The van der Waals surface area contributed by atoms with Gasteiger partial charge in [0.1, 0.15) is 5.76 Å². The zero-order chi connectivity index (χ0) is 17.8. The molecule has 2 aromatic rings. The zero-order valence-corrected chi connectivity index (χ0v) is 15.3. The van der Waals surface area contributed by atoms with Gasteiger partial charge in [0.2, 0.25) is 11.8 Å². The van der Waals surface area contributed by atoms with E-state index in [0.717, 1.165) is 49.4 Å². The molecular formula is C20H27N3O2. The fourth-order valence-corrected chi connectivity index (χ4v) is 3.29. The average Bonchev–Trinajstić information content (AvgIpc) is 3.25. The molecule has 0 aliphatic carbocycles. The van der Waals surface area contributed by atoms with Gasteiger partial charge >= 0.3 is 0 Å². The van der Waals surface area contributed by atoms with Gasteiger partial charge in [-0.3, -0.25) is 9.69 Å². The highest BCUT2D eigenvalue weighted by atomic mass is 16.4. The van der Waals surface area contributed by atoms with Crippen molar-refractivity contribution < 1.29 is 9.21 Å². The van der Waals surface area contributed by atoms with Crippen molar-refractivity contribution in [1.82, 2.24) is 9.88 Å². The van der Waals surface area contributed by atoms with Crippen molar-refractivity contribution in [1.29, 1.82) is 0 Å². The van der Waals surface area contributed by atoms with Crippen LogP contribution in [0.25, 0.3) is 11.5 Å². The monoisotopic (exact) mass is 341 g/mol. The number of likely N-dealkylation sites (tertiary alicyclic amines) is 1. The summed E-state index contributed by atoms with van der Waals surface area (Å²) in [5.74, 6) is 1.91. The third-order valence-electron chi connectivity index (χ3n) is 4.67. The molecule has 1 fully saturated rings. The van der Waals surface area contributed by atoms with Crippen LogP contribution in [0, 0.1) is 0 Å². The lowest BCUT2D eigenvalue weighted by molar-refractivity contribution is -0.120. The minimum atomic E-state index is -0.0000306. The van der Waals surface area contributed by atoms with Gasteiger partial charge in [-0.25, -0.2) is 4.98 Å². The maximum atomic E-state index is 12.5. The van der Waals surface area contributed by atoms with Crippen LogP contribution >= 0.6 is 0 Å². The Morgan fingerprint density at radius 1 is 1.36 bits per heavy atom. The average molecular weight is 341 g/mol. The van der Waals surface area contributed by atoms with Crippen molar-refractivity contribution in [2.75, 3.05) is 18.4 Å². The van der Waals surface area contributed by atoms with E-state index in [2.05, 4.69) is 36.0 Å². The molecule has 1 aromatic carbocycles. The Bertz CT molecular complexity index is 706. The van der Waals surface area contributed by atoms with Crippen molar-refractivity contribution >= 4 is 11.6 Å². The summed E-state index contributed by atoms with van der Waals surface area (Å²) >= 11 is 0. The first kappa shape index (κ1) is 17.7. The Hall–Kier alpha value is -2.14. The van der Waals surface area contributed by atoms with Crippen LogP contribution < -0.4 is 5.32 Å². The number of rotatable bonds is 6. The molecule has 1 amide bonds. The fraction of sp³-hybridized carbons (Fsp3) is 0.500. The van der Waals surface area contributed by atoms with Crippen LogP contribution in [0.2, 0.25) is 0 Å². The number of nitrogens with one attached hydrogen (secondary N) is 1. The van der Waals surface area contributed by atoms with Crippen LogP contribution in [0.4, 0.5) is 5.69 Å². The first-order valence-corrected chi connectivity index (χ1v) is 9.19. The van der Waals surface area contributed by atoms with E-state index >= 15 is 0 Å². The lowest BCUT2D eigenvalue weighted by Gasteiger charge is -2.22. The standard InChI is InChI=1S/C20H27N3O2/c1-4-11-23-12-5-6-17(23)19(24)22-16-9-7-15(8-10-16)20-21-13-18(25-20)14(2)3/h7-10,13-14,17H,4-6,11-12H2,1-3H3,(H,22,24). The highest BCUT2D eigenvalue weighted by molar-refractivity contribution is 5.95. The molecule has 5 nitrogen and oxygen atoms in total. The smallest absolute Gasteiger partial charge is 0.241 e. The number of hydrogen-bond acceptors (Lipinski definition) is 4. The maximum Gasteiger partial charge on any atom is 0.241 e. The Labute approximate surface area is 149 Å². The van der Waals surface area contributed by atoms with Gasteiger partial charge in [-0.15, -0.1) is 0 Å². The zero-order valence-electron chi connectivity index (χ0n) is 15.3. The Morgan fingerprint density at radius 2 is 2.12 bits per heavy atom. The molecule has 1 aliphatic rings. The molecule has 5 heteroatoms. The van der Waals surface area contributed by atoms with Crippen LogP contribution in [-0.2, 0) is 4.79 Å². The Kier molecular flexibility index (Phi) is 5.53. The van der Waals surface area contributed by atoms with Crippen molar-refractivity contribution in [3.63, 3.8) is 0 Å². The Balaban J connectivity index is 1.65. The summed E-state index contributed by atoms with van der Waals surface area (Å²) in [6, 6.07) is 7.69. The highest BCUT2D eigenvalue weighted by Gasteiger charge is 2.29. The van der Waals surface area contributed by atoms with Gasteiger partial charge in [0.05, 0.1) is 12.2 Å². The van der Waals surface area contributed by atoms with Gasteiger partial charge in [0.15, 0.2) is 0 Å². The van der Waals surface area contributed by atoms with Gasteiger partial charge in [-0.1, -0.05) is 20.8 Å². The predicted octanol–water partition coefficient (Wildman–Crippen LogP) is 4.28. The van der Waals surface area contributed by atoms with Gasteiger partial charge in [0, 0.05) is 17.2 Å². The Morgan fingerprint density at radius 3 is 2.76 bits per heavy atom. The third-order valence-corrected chi connectivity index (χ3v) is 4.67. The van der Waals surface area contributed by atoms with E-state index in [-0.39, 0.29) is 11.9 Å². The van der Waals surface area contributed by atoms with Gasteiger partial charge in [-0.2, -0.15) is 0 Å². The van der Waals surface area contributed by atoms with Crippen LogP contribution in [0.15, 0.2) is 34.9 Å². The number of anilines is 1. The largest absolute Gasteiger partial charge is 0.441 e. The van der Waals surface area contributed by atoms with Crippen molar-refractivity contribution in [3.8, 4) is 11.5 Å². The molecule has 134 valence electrons. The van der Waals surface area contributed by atoms with E-state index in [4.69, 9.17) is 4.42 Å². The summed E-state index contributed by atoms with van der Waals surface area (Å²) in [5, 5.41) is 3.04. The van der Waals surface area contributed by atoms with E-state index in [0.29, 0.717) is 11.8 Å². The summed E-state index contributed by atoms with van der Waals surface area (Å²) < 4.78 is 5.77. The SMILES string of the molecule is CCCN1CCCC1C(=O)Nc1ccc(-c2ncc(C(C)C)o2)cc1. The number of oxazole rings is 1. The minimum Gasteiger partial charge on any atom is -0.441 e. The number of nitrogens with zero attached hydrogens (tertiary/aromatic N) is 2. The minimum absolute atomic E-state index is 0.0000306. The molecule has 0 radical (unpaired) electrons. The lowest BCUT2D eigenvalue weighted by Crippen LogP contribution is -2.39. The maximum absolute atomic E-state index is 12.5. The molecule has 1 saturated heterocycles. The number of hydrogen-bond donors (Lipinski definition) is 1. The molecule has 1 aromatic heterocycles. The molecule has 0 bridgehead atoms. The van der Waals surface area contributed by atoms with Crippen molar-refractivity contribution in [2.45, 2.75) is 52.0 Å². The van der Waals surface area contributed by atoms with E-state index < -0.39 is 0 Å². The number of aromatic nitrogens is 1. The van der Waals surface area contributed by atoms with E-state index in [1.807, 2.05) is 24.3 Å². The summed E-state index contributed by atoms with van der Waals surface area (Å²) in [4.78, 5) is 19.2. The molecule has 0 spiro atoms. The summed E-state index contributed by atoms with van der Waals surface area (Å²) in [6.45, 7) is 8.31. The van der Waals surface area contributed by atoms with E-state index in [1.54, 1.807) is 6.20 Å². The first-order chi connectivity index (χ1) is 12.1. The molecule has 1 aliphatic heterocycles. The number of carbonyl (C=O) groups is 1. The molecule has 1 atom stereocenters. The molecule has 1 N–H and O–H groups in total. The van der Waals surface area contributed by atoms with E-state index in [1.165, 1.54) is 0 Å². The lowest BCUT2D eigenvalue weighted by atomic mass is 10.1. The normalized spacial score (nSPS) is 18.0. The second-order valence-corrected chi connectivity index (χ2v) is 6.98. The first-order valence-electron chi connectivity index (χ1n) is 9.19. The third kappa shape index (κ3) is 4.10. The number of benzene rings is 1. The molecule has 25 heavy (non-hydrogen) atoms. The van der Waals surface area contributed by atoms with Crippen LogP contribution in [-0.4, -0.2) is 34.9 Å². The molecule has 2 heterocycles. The van der Waals surface area contributed by atoms with Crippen molar-refractivity contribution in [3.05, 3.63) is 36.2 Å². The van der Waals surface area contributed by atoms with Crippen LogP contribution in [0.5, 0.6) is 0 Å². The van der Waals surface area contributed by atoms with E-state index in [9.17, 15) is 4.79 Å². The molecule has 1 unspecified atom stereocenters. The van der Waals surface area contributed by atoms with Gasteiger partial charge in [-0.05, 0) is 56.6 Å². The molecule has 3 rings (SSSR count). The van der Waals surface area contributed by atoms with Crippen LogP contribution in [0.3, 0.4) is 0 Å². The second-order valence-electron chi connectivity index (χ2n) is 6.98. The van der Waals surface area contributed by atoms with Gasteiger partial charge < -0.3 is 9.73 Å². The highest BCUT2D eigenvalue weighted by Crippen LogP contribution is 2.25. The van der Waals surface area contributed by atoms with Crippen molar-refractivity contribution in [2.24, 2.45) is 0 Å². The van der Waals surface area contributed by atoms with Crippen LogP contribution in [0.1, 0.15) is 51.7 Å².